The average molecular weight is 277 g/mol. The Labute approximate surface area is 105 Å². The second-order valence-electron chi connectivity index (χ2n) is 3.22. The van der Waals surface area contributed by atoms with Crippen LogP contribution in [0.15, 0.2) is 23.1 Å². The van der Waals surface area contributed by atoms with Gasteiger partial charge in [-0.25, -0.2) is 13.1 Å². The zero-order valence-corrected chi connectivity index (χ0v) is 11.0. The summed E-state index contributed by atoms with van der Waals surface area (Å²) in [5.41, 5.74) is 0.133. The Kier molecular flexibility index (Phi) is 4.50. The molecule has 0 aliphatic rings. The van der Waals surface area contributed by atoms with Crippen LogP contribution in [0.3, 0.4) is 0 Å². The van der Waals surface area contributed by atoms with Gasteiger partial charge in [-0.05, 0) is 18.2 Å². The summed E-state index contributed by atoms with van der Waals surface area (Å²) in [5, 5.41) is 2.60. The van der Waals surface area contributed by atoms with Gasteiger partial charge in [-0.2, -0.15) is 0 Å². The highest BCUT2D eigenvalue weighted by Crippen LogP contribution is 2.20. The summed E-state index contributed by atoms with van der Waals surface area (Å²) in [6.45, 7) is 1.95. The van der Waals surface area contributed by atoms with E-state index in [0.29, 0.717) is 0 Å². The molecule has 0 bridgehead atoms. The van der Waals surface area contributed by atoms with Crippen LogP contribution in [0.25, 0.3) is 0 Å². The van der Waals surface area contributed by atoms with Crippen molar-refractivity contribution in [2.45, 2.75) is 11.8 Å². The molecule has 0 fully saturated rings. The van der Waals surface area contributed by atoms with E-state index in [1.807, 2.05) is 0 Å². The van der Waals surface area contributed by atoms with Gasteiger partial charge in [0.05, 0.1) is 15.5 Å². The third kappa shape index (κ3) is 3.18. The van der Waals surface area contributed by atoms with Crippen LogP contribution in [-0.4, -0.2) is 27.9 Å². The molecule has 0 saturated carbocycles. The molecule has 1 aromatic carbocycles. The lowest BCUT2D eigenvalue weighted by Crippen LogP contribution is -2.24. The molecule has 17 heavy (non-hydrogen) atoms. The predicted octanol–water partition coefficient (Wildman–Crippen LogP) is 0.998. The van der Waals surface area contributed by atoms with Crippen LogP contribution in [0.2, 0.25) is 5.02 Å². The molecule has 0 spiro atoms. The maximum atomic E-state index is 11.7. The zero-order valence-electron chi connectivity index (χ0n) is 9.45. The Morgan fingerprint density at radius 1 is 1.41 bits per heavy atom. The van der Waals surface area contributed by atoms with Crippen LogP contribution in [-0.2, 0) is 10.0 Å². The number of hydrogen-bond donors (Lipinski definition) is 2. The first-order chi connectivity index (χ1) is 7.92. The van der Waals surface area contributed by atoms with E-state index >= 15 is 0 Å². The maximum absolute atomic E-state index is 11.7. The van der Waals surface area contributed by atoms with E-state index in [-0.39, 0.29) is 22.0 Å². The fourth-order valence-electron chi connectivity index (χ4n) is 1.25. The van der Waals surface area contributed by atoms with Crippen molar-refractivity contribution in [3.05, 3.63) is 28.8 Å². The largest absolute Gasteiger partial charge is 0.355 e. The first-order valence-electron chi connectivity index (χ1n) is 4.93. The van der Waals surface area contributed by atoms with Crippen molar-refractivity contribution in [3.63, 3.8) is 0 Å². The second kappa shape index (κ2) is 5.48. The lowest BCUT2D eigenvalue weighted by molar-refractivity contribution is 0.0963. The number of carbonyl (C=O) groups is 1. The third-order valence-electron chi connectivity index (χ3n) is 2.05. The highest BCUT2D eigenvalue weighted by atomic mass is 35.5. The van der Waals surface area contributed by atoms with Crippen LogP contribution >= 0.6 is 11.6 Å². The Hall–Kier alpha value is -1.11. The topological polar surface area (TPSA) is 75.3 Å². The van der Waals surface area contributed by atoms with Gasteiger partial charge in [0.25, 0.3) is 5.91 Å². The molecular weight excluding hydrogens is 264 g/mol. The van der Waals surface area contributed by atoms with Gasteiger partial charge < -0.3 is 5.32 Å². The normalized spacial score (nSPS) is 11.2. The van der Waals surface area contributed by atoms with Gasteiger partial charge in [0.2, 0.25) is 10.0 Å². The molecule has 0 heterocycles. The molecule has 1 rings (SSSR count). The van der Waals surface area contributed by atoms with Crippen molar-refractivity contribution >= 4 is 27.5 Å². The van der Waals surface area contributed by atoms with Crippen LogP contribution in [0.4, 0.5) is 0 Å². The molecule has 1 aromatic rings. The van der Waals surface area contributed by atoms with E-state index in [9.17, 15) is 13.2 Å². The first kappa shape index (κ1) is 14.0. The van der Waals surface area contributed by atoms with Crippen LogP contribution < -0.4 is 10.0 Å². The summed E-state index contributed by atoms with van der Waals surface area (Å²) in [5.74, 6) is -0.427. The lowest BCUT2D eigenvalue weighted by atomic mass is 10.2. The Morgan fingerprint density at radius 3 is 2.59 bits per heavy atom. The van der Waals surface area contributed by atoms with Gasteiger partial charge in [-0.3, -0.25) is 4.79 Å². The van der Waals surface area contributed by atoms with Gasteiger partial charge in [0, 0.05) is 13.6 Å². The minimum atomic E-state index is -3.58. The predicted molar refractivity (Wildman–Crippen MR) is 65.7 cm³/mol. The SMILES string of the molecule is CCNS(=O)(=O)c1ccc(Cl)c(C(=O)NC)c1. The smallest absolute Gasteiger partial charge is 0.252 e. The minimum Gasteiger partial charge on any atom is -0.355 e. The maximum Gasteiger partial charge on any atom is 0.252 e. The monoisotopic (exact) mass is 276 g/mol. The molecule has 0 aliphatic heterocycles. The van der Waals surface area contributed by atoms with E-state index in [4.69, 9.17) is 11.6 Å². The van der Waals surface area contributed by atoms with Gasteiger partial charge >= 0.3 is 0 Å². The highest BCUT2D eigenvalue weighted by Gasteiger charge is 2.17. The van der Waals surface area contributed by atoms with Gasteiger partial charge in [-0.15, -0.1) is 0 Å². The zero-order chi connectivity index (χ0) is 13.1. The number of halogens is 1. The Morgan fingerprint density at radius 2 is 2.06 bits per heavy atom. The van der Waals surface area contributed by atoms with Crippen molar-refractivity contribution in [1.82, 2.24) is 10.0 Å². The summed E-state index contributed by atoms with van der Waals surface area (Å²) >= 11 is 5.82. The van der Waals surface area contributed by atoms with E-state index in [1.54, 1.807) is 6.92 Å². The van der Waals surface area contributed by atoms with Gasteiger partial charge in [0.15, 0.2) is 0 Å². The number of nitrogens with one attached hydrogen (secondary N) is 2. The molecule has 0 radical (unpaired) electrons. The fraction of sp³-hybridized carbons (Fsp3) is 0.300. The molecule has 1 amide bonds. The fourth-order valence-corrected chi connectivity index (χ4v) is 2.52. The van der Waals surface area contributed by atoms with Gasteiger partial charge in [-0.1, -0.05) is 18.5 Å². The minimum absolute atomic E-state index is 0.0161. The molecular formula is C10H13ClN2O3S. The van der Waals surface area contributed by atoms with Crippen LogP contribution in [0, 0.1) is 0 Å². The second-order valence-corrected chi connectivity index (χ2v) is 5.40. The summed E-state index contributed by atoms with van der Waals surface area (Å²) < 4.78 is 25.8. The Balaban J connectivity index is 3.26. The van der Waals surface area contributed by atoms with Crippen molar-refractivity contribution < 1.29 is 13.2 Å². The van der Waals surface area contributed by atoms with Crippen molar-refractivity contribution in [2.24, 2.45) is 0 Å². The van der Waals surface area contributed by atoms with Crippen molar-refractivity contribution in [3.8, 4) is 0 Å². The summed E-state index contributed by atoms with van der Waals surface area (Å²) in [6, 6.07) is 3.99. The lowest BCUT2D eigenvalue weighted by Gasteiger charge is -2.07. The van der Waals surface area contributed by atoms with E-state index < -0.39 is 15.9 Å². The molecule has 0 unspecified atom stereocenters. The number of hydrogen-bond acceptors (Lipinski definition) is 3. The quantitative estimate of drug-likeness (QED) is 0.861. The molecule has 0 aliphatic carbocycles. The molecule has 5 nitrogen and oxygen atoms in total. The number of rotatable bonds is 4. The average Bonchev–Trinajstić information content (AvgIpc) is 2.28. The molecule has 0 atom stereocenters. The van der Waals surface area contributed by atoms with Crippen LogP contribution in [0.1, 0.15) is 17.3 Å². The molecule has 94 valence electrons. The van der Waals surface area contributed by atoms with Crippen molar-refractivity contribution in [1.29, 1.82) is 0 Å². The van der Waals surface area contributed by atoms with Crippen molar-refractivity contribution in [2.75, 3.05) is 13.6 Å². The molecule has 2 N–H and O–H groups in total. The molecule has 0 saturated heterocycles. The Bertz CT molecular complexity index is 528. The number of benzene rings is 1. The summed E-state index contributed by atoms with van der Waals surface area (Å²) in [6.07, 6.45) is 0. The van der Waals surface area contributed by atoms with Crippen LogP contribution in [0.5, 0.6) is 0 Å². The van der Waals surface area contributed by atoms with E-state index in [2.05, 4.69) is 10.0 Å². The number of amides is 1. The third-order valence-corrected chi connectivity index (χ3v) is 3.93. The number of sulfonamides is 1. The van der Waals surface area contributed by atoms with E-state index in [1.165, 1.54) is 25.2 Å². The first-order valence-corrected chi connectivity index (χ1v) is 6.79. The van der Waals surface area contributed by atoms with Gasteiger partial charge in [0.1, 0.15) is 0 Å². The highest BCUT2D eigenvalue weighted by molar-refractivity contribution is 7.89. The number of carbonyl (C=O) groups excluding carboxylic acids is 1. The summed E-state index contributed by atoms with van der Waals surface area (Å²) in [7, 11) is -2.13. The van der Waals surface area contributed by atoms with E-state index in [0.717, 1.165) is 0 Å². The molecule has 0 aromatic heterocycles. The summed E-state index contributed by atoms with van der Waals surface area (Å²) in [4.78, 5) is 11.5. The standard InChI is InChI=1S/C10H13ClN2O3S/c1-3-13-17(15,16)7-4-5-9(11)8(6-7)10(14)12-2/h4-6,13H,3H2,1-2H3,(H,12,14). The molecule has 7 heteroatoms.